The van der Waals surface area contributed by atoms with Gasteiger partial charge in [-0.25, -0.2) is 4.79 Å². The molecular formula is C13H14INO3. The maximum absolute atomic E-state index is 11.6. The van der Waals surface area contributed by atoms with Crippen LogP contribution >= 0.6 is 22.6 Å². The van der Waals surface area contributed by atoms with E-state index in [1.54, 1.807) is 11.0 Å². The van der Waals surface area contributed by atoms with Crippen LogP contribution in [0.3, 0.4) is 0 Å². The third-order valence-electron chi connectivity index (χ3n) is 2.27. The van der Waals surface area contributed by atoms with E-state index in [2.05, 4.69) is 27.3 Å². The summed E-state index contributed by atoms with van der Waals surface area (Å²) in [5.41, 5.74) is 0.833. The standard InChI is InChI=1S/C13H14INO3/c1-10(16)15(9-5-8-13(17)18-2)12-7-4-3-6-11(12)14/h3-8H,9H2,1-2H3/b8-5+. The molecule has 96 valence electrons. The van der Waals surface area contributed by atoms with Crippen molar-refractivity contribution in [2.24, 2.45) is 0 Å². The fraction of sp³-hybridized carbons (Fsp3) is 0.231. The molecular weight excluding hydrogens is 345 g/mol. The van der Waals surface area contributed by atoms with Crippen molar-refractivity contribution in [3.63, 3.8) is 0 Å². The highest BCUT2D eigenvalue weighted by Gasteiger charge is 2.12. The number of amides is 1. The van der Waals surface area contributed by atoms with Crippen molar-refractivity contribution in [3.05, 3.63) is 40.0 Å². The highest BCUT2D eigenvalue weighted by atomic mass is 127. The van der Waals surface area contributed by atoms with Crippen LogP contribution in [-0.4, -0.2) is 25.5 Å². The first-order valence-corrected chi connectivity index (χ1v) is 6.41. The number of carbonyl (C=O) groups excluding carboxylic acids is 2. The average Bonchev–Trinajstić information content (AvgIpc) is 2.35. The lowest BCUT2D eigenvalue weighted by molar-refractivity contribution is -0.134. The quantitative estimate of drug-likeness (QED) is 0.471. The third-order valence-corrected chi connectivity index (χ3v) is 3.18. The summed E-state index contributed by atoms with van der Waals surface area (Å²) in [5, 5.41) is 0. The lowest BCUT2D eigenvalue weighted by atomic mass is 10.3. The molecule has 0 atom stereocenters. The fourth-order valence-corrected chi connectivity index (χ4v) is 2.07. The molecule has 0 unspecified atom stereocenters. The normalized spacial score (nSPS) is 10.4. The van der Waals surface area contributed by atoms with Crippen LogP contribution in [0.15, 0.2) is 36.4 Å². The van der Waals surface area contributed by atoms with E-state index in [1.807, 2.05) is 24.3 Å². The minimum atomic E-state index is -0.429. The number of benzene rings is 1. The van der Waals surface area contributed by atoms with Crippen LogP contribution in [0.2, 0.25) is 0 Å². The zero-order valence-electron chi connectivity index (χ0n) is 10.2. The summed E-state index contributed by atoms with van der Waals surface area (Å²) in [5.74, 6) is -0.505. The zero-order chi connectivity index (χ0) is 13.5. The molecule has 0 aliphatic heterocycles. The predicted octanol–water partition coefficient (Wildman–Crippen LogP) is 2.37. The second kappa shape index (κ2) is 7.15. The Bertz CT molecular complexity index is 471. The largest absolute Gasteiger partial charge is 0.466 e. The topological polar surface area (TPSA) is 46.6 Å². The summed E-state index contributed by atoms with van der Waals surface area (Å²) in [7, 11) is 1.32. The van der Waals surface area contributed by atoms with Crippen LogP contribution in [0.4, 0.5) is 5.69 Å². The van der Waals surface area contributed by atoms with Gasteiger partial charge in [-0.05, 0) is 34.7 Å². The molecule has 0 radical (unpaired) electrons. The van der Waals surface area contributed by atoms with Gasteiger partial charge >= 0.3 is 5.97 Å². The Hall–Kier alpha value is -1.37. The van der Waals surface area contributed by atoms with Gasteiger partial charge in [-0.3, -0.25) is 4.79 Å². The Kier molecular flexibility index (Phi) is 5.84. The van der Waals surface area contributed by atoms with Crippen molar-refractivity contribution >= 4 is 40.2 Å². The van der Waals surface area contributed by atoms with Crippen molar-refractivity contribution in [1.29, 1.82) is 0 Å². The van der Waals surface area contributed by atoms with Gasteiger partial charge < -0.3 is 9.64 Å². The van der Waals surface area contributed by atoms with E-state index in [-0.39, 0.29) is 5.91 Å². The number of nitrogens with zero attached hydrogens (tertiary/aromatic N) is 1. The number of ether oxygens (including phenoxy) is 1. The van der Waals surface area contributed by atoms with Crippen LogP contribution < -0.4 is 4.90 Å². The fourth-order valence-electron chi connectivity index (χ4n) is 1.39. The van der Waals surface area contributed by atoms with Gasteiger partial charge in [-0.1, -0.05) is 18.2 Å². The summed E-state index contributed by atoms with van der Waals surface area (Å²) < 4.78 is 5.47. The van der Waals surface area contributed by atoms with E-state index in [4.69, 9.17) is 0 Å². The van der Waals surface area contributed by atoms with Crippen LogP contribution in [-0.2, 0) is 14.3 Å². The van der Waals surface area contributed by atoms with Crippen LogP contribution in [0, 0.1) is 3.57 Å². The summed E-state index contributed by atoms with van der Waals surface area (Å²) in [4.78, 5) is 24.2. The first-order valence-electron chi connectivity index (χ1n) is 5.33. The Balaban J connectivity index is 2.85. The smallest absolute Gasteiger partial charge is 0.330 e. The van der Waals surface area contributed by atoms with Crippen molar-refractivity contribution in [1.82, 2.24) is 0 Å². The van der Waals surface area contributed by atoms with E-state index >= 15 is 0 Å². The van der Waals surface area contributed by atoms with Gasteiger partial charge in [-0.15, -0.1) is 0 Å². The van der Waals surface area contributed by atoms with Crippen LogP contribution in [0.5, 0.6) is 0 Å². The molecule has 0 aliphatic carbocycles. The number of hydrogen-bond donors (Lipinski definition) is 0. The number of hydrogen-bond acceptors (Lipinski definition) is 3. The SMILES string of the molecule is COC(=O)/C=C/CN(C(C)=O)c1ccccc1I. The zero-order valence-corrected chi connectivity index (χ0v) is 12.4. The summed E-state index contributed by atoms with van der Waals surface area (Å²) in [6.45, 7) is 1.83. The van der Waals surface area contributed by atoms with E-state index in [1.165, 1.54) is 20.1 Å². The van der Waals surface area contributed by atoms with Gasteiger partial charge in [0.05, 0.1) is 12.8 Å². The molecule has 0 N–H and O–H groups in total. The second-order valence-corrected chi connectivity index (χ2v) is 4.67. The van der Waals surface area contributed by atoms with Crippen LogP contribution in [0.25, 0.3) is 0 Å². The molecule has 0 spiro atoms. The molecule has 18 heavy (non-hydrogen) atoms. The van der Waals surface area contributed by atoms with Crippen molar-refractivity contribution < 1.29 is 14.3 Å². The molecule has 1 rings (SSSR count). The molecule has 0 aliphatic rings. The van der Waals surface area contributed by atoms with Gasteiger partial charge in [-0.2, -0.15) is 0 Å². The van der Waals surface area contributed by atoms with Gasteiger partial charge in [0.1, 0.15) is 0 Å². The lowest BCUT2D eigenvalue weighted by Crippen LogP contribution is -2.29. The summed E-state index contributed by atoms with van der Waals surface area (Å²) in [6, 6.07) is 7.58. The van der Waals surface area contributed by atoms with E-state index in [9.17, 15) is 9.59 Å². The minimum Gasteiger partial charge on any atom is -0.466 e. The summed E-state index contributed by atoms with van der Waals surface area (Å²) in [6.07, 6.45) is 2.92. The molecule has 0 bridgehead atoms. The number of rotatable bonds is 4. The molecule has 5 heteroatoms. The molecule has 1 amide bonds. The molecule has 0 saturated heterocycles. The predicted molar refractivity (Wildman–Crippen MR) is 78.3 cm³/mol. The first kappa shape index (κ1) is 14.7. The molecule has 0 fully saturated rings. The van der Waals surface area contributed by atoms with Gasteiger partial charge in [0.2, 0.25) is 5.91 Å². The number of carbonyl (C=O) groups is 2. The molecule has 0 saturated carbocycles. The monoisotopic (exact) mass is 359 g/mol. The van der Waals surface area contributed by atoms with Crippen LogP contribution in [0.1, 0.15) is 6.92 Å². The minimum absolute atomic E-state index is 0.0753. The van der Waals surface area contributed by atoms with Gasteiger partial charge in [0.15, 0.2) is 0 Å². The lowest BCUT2D eigenvalue weighted by Gasteiger charge is -2.20. The van der Waals surface area contributed by atoms with E-state index in [0.29, 0.717) is 6.54 Å². The summed E-state index contributed by atoms with van der Waals surface area (Å²) >= 11 is 2.17. The average molecular weight is 359 g/mol. The first-order chi connectivity index (χ1) is 8.56. The molecule has 4 nitrogen and oxygen atoms in total. The van der Waals surface area contributed by atoms with Crippen molar-refractivity contribution in [3.8, 4) is 0 Å². The molecule has 0 aromatic heterocycles. The number of anilines is 1. The Morgan fingerprint density at radius 2 is 2.06 bits per heavy atom. The number of halogens is 1. The van der Waals surface area contributed by atoms with Gasteiger partial charge in [0, 0.05) is 23.1 Å². The Morgan fingerprint density at radius 3 is 2.61 bits per heavy atom. The Labute approximate surface area is 120 Å². The van der Waals surface area contributed by atoms with Gasteiger partial charge in [0.25, 0.3) is 0 Å². The van der Waals surface area contributed by atoms with Crippen molar-refractivity contribution in [2.75, 3.05) is 18.6 Å². The third kappa shape index (κ3) is 4.14. The Morgan fingerprint density at radius 1 is 1.39 bits per heavy atom. The van der Waals surface area contributed by atoms with Crippen molar-refractivity contribution in [2.45, 2.75) is 6.92 Å². The maximum atomic E-state index is 11.6. The second-order valence-electron chi connectivity index (χ2n) is 3.51. The maximum Gasteiger partial charge on any atom is 0.330 e. The number of esters is 1. The number of para-hydroxylation sites is 1. The molecule has 1 aromatic carbocycles. The van der Waals surface area contributed by atoms with E-state index < -0.39 is 5.97 Å². The van der Waals surface area contributed by atoms with E-state index in [0.717, 1.165) is 9.26 Å². The molecule has 0 heterocycles. The number of methoxy groups -OCH3 is 1. The molecule has 1 aromatic rings. The highest BCUT2D eigenvalue weighted by Crippen LogP contribution is 2.22. The highest BCUT2D eigenvalue weighted by molar-refractivity contribution is 14.1.